The molecule has 3 rings (SSSR count). The number of rotatable bonds is 7. The molecule has 3 aromatic rings. The summed E-state index contributed by atoms with van der Waals surface area (Å²) in [5.74, 6) is 0. The van der Waals surface area contributed by atoms with Gasteiger partial charge in [0.25, 0.3) is 0 Å². The molecule has 0 nitrogen and oxygen atoms in total. The fourth-order valence-corrected chi connectivity index (χ4v) is 3.43. The number of fused-ring (bicyclic) bond motifs is 3. The fraction of sp³-hybridized carbons (Fsp3) is 0.364. The van der Waals surface area contributed by atoms with E-state index in [0.717, 1.165) is 0 Å². The topological polar surface area (TPSA) is 0 Å². The zero-order valence-electron chi connectivity index (χ0n) is 13.6. The Morgan fingerprint density at radius 1 is 0.636 bits per heavy atom. The van der Waals surface area contributed by atoms with Gasteiger partial charge in [-0.15, -0.1) is 0 Å². The van der Waals surface area contributed by atoms with Crippen molar-refractivity contribution in [1.82, 2.24) is 0 Å². The van der Waals surface area contributed by atoms with Crippen LogP contribution in [0.4, 0.5) is 0 Å². The lowest BCUT2D eigenvalue weighted by Gasteiger charge is -2.10. The zero-order valence-corrected chi connectivity index (χ0v) is 13.6. The summed E-state index contributed by atoms with van der Waals surface area (Å²) in [6.45, 7) is 2.28. The molecule has 0 unspecified atom stereocenters. The highest BCUT2D eigenvalue weighted by atomic mass is 14.1. The van der Waals surface area contributed by atoms with E-state index in [0.29, 0.717) is 0 Å². The maximum atomic E-state index is 2.41. The minimum Gasteiger partial charge on any atom is -0.0654 e. The van der Waals surface area contributed by atoms with Crippen LogP contribution < -0.4 is 0 Å². The minimum atomic E-state index is 1.21. The van der Waals surface area contributed by atoms with Crippen molar-refractivity contribution in [2.24, 2.45) is 0 Å². The maximum Gasteiger partial charge on any atom is -0.0103 e. The van der Waals surface area contributed by atoms with Crippen LogP contribution in [0.5, 0.6) is 0 Å². The molecule has 0 aliphatic carbocycles. The molecule has 0 aromatic heterocycles. The number of unbranched alkanes of at least 4 members (excludes halogenated alkanes) is 5. The SMILES string of the molecule is CCCCCCCCc1cc2ccccc2c2ccccc12. The Bertz CT molecular complexity index is 739. The third kappa shape index (κ3) is 3.32. The molecule has 0 aliphatic rings. The first kappa shape index (κ1) is 15.1. The van der Waals surface area contributed by atoms with Crippen molar-refractivity contribution in [3.63, 3.8) is 0 Å². The highest BCUT2D eigenvalue weighted by Gasteiger charge is 2.05. The Hall–Kier alpha value is -1.82. The van der Waals surface area contributed by atoms with Crippen LogP contribution in [-0.4, -0.2) is 0 Å². The summed E-state index contributed by atoms with van der Waals surface area (Å²) in [7, 11) is 0. The number of hydrogen-bond acceptors (Lipinski definition) is 0. The standard InChI is InChI=1S/C22H26/c1-2-3-4-5-6-7-12-18-17-19-13-8-9-14-20(19)22-16-11-10-15-21(18)22/h8-11,13-17H,2-7,12H2,1H3. The van der Waals surface area contributed by atoms with Crippen LogP contribution in [-0.2, 0) is 6.42 Å². The number of benzene rings is 3. The lowest BCUT2D eigenvalue weighted by Crippen LogP contribution is -1.90. The van der Waals surface area contributed by atoms with E-state index in [2.05, 4.69) is 61.5 Å². The van der Waals surface area contributed by atoms with E-state index in [9.17, 15) is 0 Å². The molecule has 0 heterocycles. The summed E-state index contributed by atoms with van der Waals surface area (Å²) >= 11 is 0. The summed E-state index contributed by atoms with van der Waals surface area (Å²) in [5.41, 5.74) is 1.52. The average molecular weight is 290 g/mol. The largest absolute Gasteiger partial charge is 0.0654 e. The minimum absolute atomic E-state index is 1.21. The average Bonchev–Trinajstić information content (AvgIpc) is 2.58. The lowest BCUT2D eigenvalue weighted by atomic mass is 9.94. The third-order valence-electron chi connectivity index (χ3n) is 4.65. The van der Waals surface area contributed by atoms with E-state index in [4.69, 9.17) is 0 Å². The molecular weight excluding hydrogens is 264 g/mol. The Morgan fingerprint density at radius 3 is 2.09 bits per heavy atom. The molecule has 114 valence electrons. The van der Waals surface area contributed by atoms with Gasteiger partial charge in [0.2, 0.25) is 0 Å². The molecule has 0 spiro atoms. The molecule has 0 heteroatoms. The van der Waals surface area contributed by atoms with Gasteiger partial charge >= 0.3 is 0 Å². The third-order valence-corrected chi connectivity index (χ3v) is 4.65. The van der Waals surface area contributed by atoms with Crippen LogP contribution >= 0.6 is 0 Å². The maximum absolute atomic E-state index is 2.41. The van der Waals surface area contributed by atoms with Crippen LogP contribution in [0.25, 0.3) is 21.5 Å². The molecule has 0 atom stereocenters. The van der Waals surface area contributed by atoms with Gasteiger partial charge in [0.05, 0.1) is 0 Å². The van der Waals surface area contributed by atoms with Gasteiger partial charge in [0, 0.05) is 0 Å². The molecule has 0 amide bonds. The quantitative estimate of drug-likeness (QED) is 0.328. The van der Waals surface area contributed by atoms with Crippen LogP contribution in [0.3, 0.4) is 0 Å². The lowest BCUT2D eigenvalue weighted by molar-refractivity contribution is 0.608. The van der Waals surface area contributed by atoms with Gasteiger partial charge in [0.1, 0.15) is 0 Å². The smallest absolute Gasteiger partial charge is 0.0103 e. The summed E-state index contributed by atoms with van der Waals surface area (Å²) in [6, 6.07) is 20.1. The van der Waals surface area contributed by atoms with Gasteiger partial charge < -0.3 is 0 Å². The second-order valence-corrected chi connectivity index (χ2v) is 6.32. The van der Waals surface area contributed by atoms with Gasteiger partial charge in [-0.25, -0.2) is 0 Å². The monoisotopic (exact) mass is 290 g/mol. The predicted octanol–water partition coefficient (Wildman–Crippen LogP) is 6.90. The Labute approximate surface area is 134 Å². The van der Waals surface area contributed by atoms with Crippen LogP contribution in [0.2, 0.25) is 0 Å². The van der Waals surface area contributed by atoms with Crippen LogP contribution in [0, 0.1) is 0 Å². The first-order valence-corrected chi connectivity index (χ1v) is 8.79. The number of hydrogen-bond donors (Lipinski definition) is 0. The molecular formula is C22H26. The van der Waals surface area contributed by atoms with Crippen molar-refractivity contribution < 1.29 is 0 Å². The summed E-state index contributed by atoms with van der Waals surface area (Å²) in [4.78, 5) is 0. The molecule has 0 bridgehead atoms. The number of aryl methyl sites for hydroxylation is 1. The summed E-state index contributed by atoms with van der Waals surface area (Å²) in [5, 5.41) is 5.60. The van der Waals surface area contributed by atoms with Crippen molar-refractivity contribution in [3.05, 3.63) is 60.2 Å². The van der Waals surface area contributed by atoms with E-state index in [-0.39, 0.29) is 0 Å². The van der Waals surface area contributed by atoms with E-state index < -0.39 is 0 Å². The fourth-order valence-electron chi connectivity index (χ4n) is 3.43. The molecule has 0 radical (unpaired) electrons. The molecule has 0 saturated carbocycles. The normalized spacial score (nSPS) is 11.3. The van der Waals surface area contributed by atoms with Crippen molar-refractivity contribution in [2.45, 2.75) is 51.9 Å². The van der Waals surface area contributed by atoms with Crippen molar-refractivity contribution >= 4 is 21.5 Å². The molecule has 0 N–H and O–H groups in total. The van der Waals surface area contributed by atoms with Crippen LogP contribution in [0.1, 0.15) is 51.0 Å². The second-order valence-electron chi connectivity index (χ2n) is 6.32. The molecule has 0 saturated heterocycles. The van der Waals surface area contributed by atoms with Crippen molar-refractivity contribution in [3.8, 4) is 0 Å². The summed E-state index contributed by atoms with van der Waals surface area (Å²) in [6.07, 6.45) is 9.38. The molecule has 0 aliphatic heterocycles. The second kappa shape index (κ2) is 7.45. The Balaban J connectivity index is 1.82. The van der Waals surface area contributed by atoms with Crippen LogP contribution in [0.15, 0.2) is 54.6 Å². The first-order chi connectivity index (χ1) is 10.9. The molecule has 22 heavy (non-hydrogen) atoms. The molecule has 0 fully saturated rings. The van der Waals surface area contributed by atoms with Gasteiger partial charge in [-0.2, -0.15) is 0 Å². The van der Waals surface area contributed by atoms with Gasteiger partial charge in [0.15, 0.2) is 0 Å². The zero-order chi connectivity index (χ0) is 15.2. The van der Waals surface area contributed by atoms with Crippen molar-refractivity contribution in [1.29, 1.82) is 0 Å². The van der Waals surface area contributed by atoms with Gasteiger partial charge in [-0.1, -0.05) is 93.6 Å². The van der Waals surface area contributed by atoms with E-state index in [1.807, 2.05) is 0 Å². The van der Waals surface area contributed by atoms with Gasteiger partial charge in [-0.05, 0) is 39.9 Å². The Morgan fingerprint density at radius 2 is 1.27 bits per heavy atom. The Kier molecular flexibility index (Phi) is 5.11. The van der Waals surface area contributed by atoms with E-state index >= 15 is 0 Å². The highest BCUT2D eigenvalue weighted by molar-refractivity contribution is 6.08. The van der Waals surface area contributed by atoms with E-state index in [1.165, 1.54) is 72.1 Å². The van der Waals surface area contributed by atoms with E-state index in [1.54, 1.807) is 0 Å². The molecule has 3 aromatic carbocycles. The van der Waals surface area contributed by atoms with Crippen molar-refractivity contribution in [2.75, 3.05) is 0 Å². The van der Waals surface area contributed by atoms with Gasteiger partial charge in [-0.3, -0.25) is 0 Å². The first-order valence-electron chi connectivity index (χ1n) is 8.79. The highest BCUT2D eigenvalue weighted by Crippen LogP contribution is 2.29. The summed E-state index contributed by atoms with van der Waals surface area (Å²) < 4.78 is 0. The predicted molar refractivity (Wildman–Crippen MR) is 98.5 cm³/mol.